The number of hydrogen-bond acceptors (Lipinski definition) is 10. The molecule has 1 aliphatic rings. The standard InChI is InChI=1S/C21H28Cl2N6O8P2/c1-21(2,38(32,33)34)39(35,36)37-10-12-9-13(16(31)15(12)30)29-19-14(26-27-29)18(24-20(23)25-19)28(3)17(22)11-7-5-4-6-8-11/h4-8,12-13,15-17,30-31H,9-10H2,1-3H3,(H,35,36)(H2,32,33,34)/t12-,13-,15-,16+,17?/m1/s1. The second-order valence-corrected chi connectivity index (χ2v) is 15.5. The van der Waals surface area contributed by atoms with Crippen LogP contribution in [0.1, 0.15) is 37.4 Å². The number of fused-ring (bicyclic) bond motifs is 1. The van der Waals surface area contributed by atoms with Crippen molar-refractivity contribution in [3.8, 4) is 0 Å². The summed E-state index contributed by atoms with van der Waals surface area (Å²) < 4.78 is 30.7. The molecule has 1 aliphatic carbocycles. The van der Waals surface area contributed by atoms with E-state index in [0.717, 1.165) is 19.4 Å². The van der Waals surface area contributed by atoms with Crippen LogP contribution in [0.2, 0.25) is 5.28 Å². The first-order valence-corrected chi connectivity index (χ1v) is 15.7. The van der Waals surface area contributed by atoms with Crippen LogP contribution in [0.25, 0.3) is 11.2 Å². The van der Waals surface area contributed by atoms with Crippen LogP contribution in [0, 0.1) is 5.92 Å². The van der Waals surface area contributed by atoms with Gasteiger partial charge in [-0.15, -0.1) is 5.10 Å². The van der Waals surface area contributed by atoms with E-state index < -0.39 is 56.4 Å². The topological polar surface area (TPSA) is 204 Å². The lowest BCUT2D eigenvalue weighted by molar-refractivity contribution is -0.00392. The SMILES string of the molecule is CN(c1nc(Cl)nc2c1nnn2[C@@H]1C[C@H](COP(=O)(O)C(C)(C)P(=O)(O)O)[C@@H](O)[C@H]1O)C(Cl)c1ccccc1. The van der Waals surface area contributed by atoms with Crippen molar-refractivity contribution in [1.82, 2.24) is 25.0 Å². The molecule has 1 fully saturated rings. The van der Waals surface area contributed by atoms with Crippen molar-refractivity contribution in [2.75, 3.05) is 18.6 Å². The average Bonchev–Trinajstić information content (AvgIpc) is 3.41. The molecule has 0 saturated heterocycles. The zero-order valence-electron chi connectivity index (χ0n) is 21.0. The van der Waals surface area contributed by atoms with Gasteiger partial charge in [0.15, 0.2) is 21.9 Å². The van der Waals surface area contributed by atoms with E-state index in [1.54, 1.807) is 11.9 Å². The van der Waals surface area contributed by atoms with Crippen LogP contribution in [0.4, 0.5) is 5.82 Å². The van der Waals surface area contributed by atoms with Gasteiger partial charge in [-0.25, -0.2) is 4.68 Å². The smallest absolute Gasteiger partial charge is 0.345 e. The number of benzene rings is 1. The van der Waals surface area contributed by atoms with Gasteiger partial charge < -0.3 is 34.3 Å². The van der Waals surface area contributed by atoms with Crippen LogP contribution in [-0.4, -0.2) is 80.6 Å². The number of aromatic nitrogens is 5. The minimum atomic E-state index is -5.02. The lowest BCUT2D eigenvalue weighted by Crippen LogP contribution is -2.31. The molecule has 2 aromatic heterocycles. The molecule has 4 rings (SSSR count). The molecule has 2 heterocycles. The molecule has 214 valence electrons. The van der Waals surface area contributed by atoms with E-state index in [4.69, 9.17) is 27.7 Å². The summed E-state index contributed by atoms with van der Waals surface area (Å²) in [5.41, 5.74) is 0.532. The van der Waals surface area contributed by atoms with E-state index in [2.05, 4.69) is 20.3 Å². The highest BCUT2D eigenvalue weighted by molar-refractivity contribution is 7.72. The molecule has 0 aliphatic heterocycles. The van der Waals surface area contributed by atoms with Crippen molar-refractivity contribution in [3.63, 3.8) is 0 Å². The van der Waals surface area contributed by atoms with Gasteiger partial charge in [0.05, 0.1) is 18.8 Å². The maximum absolute atomic E-state index is 12.6. The highest BCUT2D eigenvalue weighted by Crippen LogP contribution is 2.71. The summed E-state index contributed by atoms with van der Waals surface area (Å²) in [6.07, 6.45) is -2.82. The summed E-state index contributed by atoms with van der Waals surface area (Å²) in [6, 6.07) is 8.33. The molecule has 2 unspecified atom stereocenters. The Morgan fingerprint density at radius 2 is 1.79 bits per heavy atom. The van der Waals surface area contributed by atoms with Gasteiger partial charge in [-0.2, -0.15) is 9.97 Å². The van der Waals surface area contributed by atoms with Crippen molar-refractivity contribution in [2.45, 2.75) is 48.9 Å². The van der Waals surface area contributed by atoms with E-state index in [0.29, 0.717) is 0 Å². The fraction of sp³-hybridized carbons (Fsp3) is 0.524. The fourth-order valence-corrected chi connectivity index (χ4v) is 6.83. The normalized spacial score (nSPS) is 24.6. The number of hydrogen-bond donors (Lipinski definition) is 5. The summed E-state index contributed by atoms with van der Waals surface area (Å²) in [4.78, 5) is 36.9. The van der Waals surface area contributed by atoms with Crippen molar-refractivity contribution in [2.24, 2.45) is 5.92 Å². The van der Waals surface area contributed by atoms with Gasteiger partial charge >= 0.3 is 15.2 Å². The molecule has 3 aromatic rings. The molecule has 1 aromatic carbocycles. The van der Waals surface area contributed by atoms with Gasteiger partial charge in [-0.1, -0.05) is 47.1 Å². The summed E-state index contributed by atoms with van der Waals surface area (Å²) in [6.45, 7) is 1.27. The van der Waals surface area contributed by atoms with Crippen LogP contribution in [0.5, 0.6) is 0 Å². The molecular formula is C21H28Cl2N6O8P2. The Bertz CT molecular complexity index is 1440. The third-order valence-electron chi connectivity index (χ3n) is 6.98. The Morgan fingerprint density at radius 3 is 2.41 bits per heavy atom. The molecule has 14 nitrogen and oxygen atoms in total. The summed E-state index contributed by atoms with van der Waals surface area (Å²) in [5.74, 6) is -0.615. The van der Waals surface area contributed by atoms with E-state index in [-0.39, 0.29) is 28.7 Å². The second-order valence-electron chi connectivity index (χ2n) is 9.78. The predicted molar refractivity (Wildman–Crippen MR) is 143 cm³/mol. The lowest BCUT2D eigenvalue weighted by Gasteiger charge is -2.30. The predicted octanol–water partition coefficient (Wildman–Crippen LogP) is 2.65. The molecule has 5 N–H and O–H groups in total. The first kappa shape index (κ1) is 30.3. The van der Waals surface area contributed by atoms with E-state index in [1.165, 1.54) is 4.68 Å². The molecule has 0 amide bonds. The Hall–Kier alpha value is -1.70. The number of rotatable bonds is 9. The molecule has 18 heteroatoms. The van der Waals surface area contributed by atoms with Crippen LogP contribution in [0.3, 0.4) is 0 Å². The van der Waals surface area contributed by atoms with Crippen LogP contribution >= 0.6 is 38.4 Å². The minimum absolute atomic E-state index is 0.00603. The number of aliphatic hydroxyl groups is 2. The molecule has 0 bridgehead atoms. The monoisotopic (exact) mass is 624 g/mol. The Labute approximate surface area is 233 Å². The molecule has 1 saturated carbocycles. The first-order valence-electron chi connectivity index (χ1n) is 11.7. The maximum atomic E-state index is 12.6. The highest BCUT2D eigenvalue weighted by atomic mass is 35.5. The quantitative estimate of drug-likeness (QED) is 0.101. The maximum Gasteiger partial charge on any atom is 0.345 e. The number of alkyl halides is 1. The van der Waals surface area contributed by atoms with Gasteiger partial charge in [0.25, 0.3) is 0 Å². The van der Waals surface area contributed by atoms with Crippen LogP contribution in [-0.2, 0) is 13.7 Å². The molecular weight excluding hydrogens is 597 g/mol. The third-order valence-corrected chi connectivity index (χ3v) is 12.5. The largest absolute Gasteiger partial charge is 0.390 e. The number of anilines is 1. The third kappa shape index (κ3) is 5.60. The number of halogens is 2. The Balaban J connectivity index is 1.60. The summed E-state index contributed by atoms with van der Waals surface area (Å²) in [7, 11) is -8.17. The van der Waals surface area contributed by atoms with Crippen LogP contribution in [0.15, 0.2) is 30.3 Å². The highest BCUT2D eigenvalue weighted by Gasteiger charge is 2.55. The van der Waals surface area contributed by atoms with Crippen molar-refractivity contribution < 1.29 is 38.5 Å². The zero-order valence-corrected chi connectivity index (χ0v) is 24.3. The number of aliphatic hydroxyl groups excluding tert-OH is 2. The average molecular weight is 625 g/mol. The molecule has 39 heavy (non-hydrogen) atoms. The minimum Gasteiger partial charge on any atom is -0.390 e. The van der Waals surface area contributed by atoms with E-state index in [1.807, 2.05) is 30.3 Å². The fourth-order valence-electron chi connectivity index (χ4n) is 4.23. The lowest BCUT2D eigenvalue weighted by atomic mass is 10.1. The van der Waals surface area contributed by atoms with Gasteiger partial charge in [0.2, 0.25) is 5.28 Å². The van der Waals surface area contributed by atoms with Gasteiger partial charge in [-0.3, -0.25) is 9.13 Å². The zero-order chi connectivity index (χ0) is 28.9. The van der Waals surface area contributed by atoms with Crippen molar-refractivity contribution in [1.29, 1.82) is 0 Å². The Kier molecular flexibility index (Phi) is 8.49. The van der Waals surface area contributed by atoms with Gasteiger partial charge in [0.1, 0.15) is 11.6 Å². The van der Waals surface area contributed by atoms with Crippen molar-refractivity contribution >= 4 is 55.4 Å². The van der Waals surface area contributed by atoms with Crippen LogP contribution < -0.4 is 4.90 Å². The summed E-state index contributed by atoms with van der Waals surface area (Å²) in [5, 5.41) is 29.6. The molecule has 0 spiro atoms. The van der Waals surface area contributed by atoms with Gasteiger partial charge in [0, 0.05) is 13.0 Å². The first-order chi connectivity index (χ1) is 18.1. The van der Waals surface area contributed by atoms with Crippen molar-refractivity contribution in [3.05, 3.63) is 41.2 Å². The summed E-state index contributed by atoms with van der Waals surface area (Å²) >= 11 is 12.9. The second kappa shape index (κ2) is 10.9. The molecule has 0 radical (unpaired) electrons. The number of nitrogens with zero attached hydrogens (tertiary/aromatic N) is 6. The molecule has 6 atom stereocenters. The van der Waals surface area contributed by atoms with E-state index >= 15 is 0 Å². The van der Waals surface area contributed by atoms with Gasteiger partial charge in [-0.05, 0) is 37.4 Å². The van der Waals surface area contributed by atoms with E-state index in [9.17, 15) is 34.0 Å². The Morgan fingerprint density at radius 1 is 1.15 bits per heavy atom.